The Bertz CT molecular complexity index is 426. The largest absolute Gasteiger partial charge is 0.396 e. The van der Waals surface area contributed by atoms with E-state index >= 15 is 0 Å². The van der Waals surface area contributed by atoms with Gasteiger partial charge in [-0.1, -0.05) is 12.1 Å². The maximum Gasteiger partial charge on any atom is 0.216 e. The van der Waals surface area contributed by atoms with Crippen molar-refractivity contribution < 1.29 is 19.4 Å². The number of anilines is 1. The molecule has 0 aliphatic carbocycles. The van der Waals surface area contributed by atoms with Gasteiger partial charge in [0.15, 0.2) is 0 Å². The highest BCUT2D eigenvalue weighted by Gasteiger charge is 2.21. The quantitative estimate of drug-likeness (QED) is 0.571. The van der Waals surface area contributed by atoms with Crippen molar-refractivity contribution in [1.82, 2.24) is 5.32 Å². The van der Waals surface area contributed by atoms with Gasteiger partial charge in [0.2, 0.25) is 5.91 Å². The molecule has 2 unspecified atom stereocenters. The number of nitrogen functional groups attached to an aromatic ring is 1. The molecule has 0 spiro atoms. The zero-order chi connectivity index (χ0) is 13.7. The molecule has 0 aromatic heterocycles. The Kier molecular flexibility index (Phi) is 5.06. The average molecular weight is 256 g/mol. The molecule has 0 saturated carbocycles. The van der Waals surface area contributed by atoms with Crippen LogP contribution in [0.2, 0.25) is 0 Å². The SMILES string of the molecule is CC(=O)NCCC(O)C(O)c1cccc(F)c1N. The van der Waals surface area contributed by atoms with E-state index < -0.39 is 18.0 Å². The summed E-state index contributed by atoms with van der Waals surface area (Å²) in [5.41, 5.74) is 5.45. The van der Waals surface area contributed by atoms with E-state index in [1.165, 1.54) is 25.1 Å². The summed E-state index contributed by atoms with van der Waals surface area (Å²) in [5, 5.41) is 22.1. The standard InChI is InChI=1S/C12H17FN2O3/c1-7(16)15-6-5-10(17)12(18)8-3-2-4-9(13)11(8)14/h2-4,10,12,17-18H,5-6,14H2,1H3,(H,15,16). The Morgan fingerprint density at radius 2 is 2.17 bits per heavy atom. The molecule has 5 nitrogen and oxygen atoms in total. The molecular formula is C12H17FN2O3. The zero-order valence-corrected chi connectivity index (χ0v) is 10.1. The monoisotopic (exact) mass is 256 g/mol. The molecule has 0 saturated heterocycles. The summed E-state index contributed by atoms with van der Waals surface area (Å²) < 4.78 is 13.2. The van der Waals surface area contributed by atoms with Gasteiger partial charge in [-0.15, -0.1) is 0 Å². The number of carbonyl (C=O) groups is 1. The molecule has 0 radical (unpaired) electrons. The molecule has 5 N–H and O–H groups in total. The lowest BCUT2D eigenvalue weighted by Crippen LogP contribution is -2.28. The van der Waals surface area contributed by atoms with Crippen LogP contribution in [0, 0.1) is 5.82 Å². The maximum absolute atomic E-state index is 13.2. The van der Waals surface area contributed by atoms with Crippen molar-refractivity contribution >= 4 is 11.6 Å². The number of hydrogen-bond acceptors (Lipinski definition) is 4. The Labute approximate surface area is 104 Å². The van der Waals surface area contributed by atoms with Gasteiger partial charge in [-0.3, -0.25) is 4.79 Å². The molecule has 2 atom stereocenters. The van der Waals surface area contributed by atoms with Gasteiger partial charge >= 0.3 is 0 Å². The molecule has 1 aromatic carbocycles. The van der Waals surface area contributed by atoms with Crippen LogP contribution >= 0.6 is 0 Å². The van der Waals surface area contributed by atoms with Gasteiger partial charge in [-0.2, -0.15) is 0 Å². The number of aliphatic hydroxyl groups excluding tert-OH is 2. The topological polar surface area (TPSA) is 95.6 Å². The van der Waals surface area contributed by atoms with Gasteiger partial charge in [0.05, 0.1) is 11.8 Å². The predicted molar refractivity (Wildman–Crippen MR) is 65.1 cm³/mol. The second-order valence-corrected chi connectivity index (χ2v) is 4.03. The summed E-state index contributed by atoms with van der Waals surface area (Å²) in [6, 6.07) is 4.03. The number of benzene rings is 1. The lowest BCUT2D eigenvalue weighted by atomic mass is 10.0. The summed E-state index contributed by atoms with van der Waals surface area (Å²) in [5.74, 6) is -0.859. The van der Waals surface area contributed by atoms with Crippen LogP contribution in [0.5, 0.6) is 0 Å². The van der Waals surface area contributed by atoms with Crippen LogP contribution in [-0.4, -0.2) is 28.8 Å². The summed E-state index contributed by atoms with van der Waals surface area (Å²) in [7, 11) is 0. The number of halogens is 1. The van der Waals surface area contributed by atoms with Crippen LogP contribution in [0.4, 0.5) is 10.1 Å². The summed E-state index contributed by atoms with van der Waals surface area (Å²) in [6.45, 7) is 1.58. The first-order chi connectivity index (χ1) is 8.43. The minimum Gasteiger partial charge on any atom is -0.396 e. The number of amides is 1. The van der Waals surface area contributed by atoms with E-state index in [-0.39, 0.29) is 30.1 Å². The first kappa shape index (κ1) is 14.4. The summed E-state index contributed by atoms with van der Waals surface area (Å²) in [6.07, 6.45) is -2.26. The second kappa shape index (κ2) is 6.32. The van der Waals surface area contributed by atoms with E-state index in [0.717, 1.165) is 0 Å². The molecule has 1 rings (SSSR count). The number of nitrogens with two attached hydrogens (primary N) is 1. The van der Waals surface area contributed by atoms with Crippen molar-refractivity contribution in [1.29, 1.82) is 0 Å². The van der Waals surface area contributed by atoms with Gasteiger partial charge in [-0.25, -0.2) is 4.39 Å². The molecular weight excluding hydrogens is 239 g/mol. The Morgan fingerprint density at radius 1 is 1.50 bits per heavy atom. The summed E-state index contributed by atoms with van der Waals surface area (Å²) >= 11 is 0. The second-order valence-electron chi connectivity index (χ2n) is 4.03. The maximum atomic E-state index is 13.2. The van der Waals surface area contributed by atoms with E-state index in [1.807, 2.05) is 0 Å². The Hall–Kier alpha value is -1.66. The lowest BCUT2D eigenvalue weighted by Gasteiger charge is -2.19. The molecule has 18 heavy (non-hydrogen) atoms. The van der Waals surface area contributed by atoms with Crippen LogP contribution in [0.1, 0.15) is 25.0 Å². The average Bonchev–Trinajstić information content (AvgIpc) is 2.31. The van der Waals surface area contributed by atoms with Crippen molar-refractivity contribution in [2.45, 2.75) is 25.6 Å². The number of para-hydroxylation sites is 1. The van der Waals surface area contributed by atoms with Gasteiger partial charge in [0.1, 0.15) is 11.9 Å². The van der Waals surface area contributed by atoms with E-state index in [1.54, 1.807) is 0 Å². The zero-order valence-electron chi connectivity index (χ0n) is 10.1. The number of hydrogen-bond donors (Lipinski definition) is 4. The van der Waals surface area contributed by atoms with Gasteiger partial charge < -0.3 is 21.3 Å². The lowest BCUT2D eigenvalue weighted by molar-refractivity contribution is -0.119. The fraction of sp³-hybridized carbons (Fsp3) is 0.417. The molecule has 0 bridgehead atoms. The fourth-order valence-electron chi connectivity index (χ4n) is 1.57. The van der Waals surface area contributed by atoms with Crippen molar-refractivity contribution in [3.63, 3.8) is 0 Å². The van der Waals surface area contributed by atoms with Crippen molar-refractivity contribution in [2.24, 2.45) is 0 Å². The molecule has 1 amide bonds. The minimum absolute atomic E-state index is 0.144. The third-order valence-electron chi connectivity index (χ3n) is 2.58. The minimum atomic E-state index is -1.28. The van der Waals surface area contributed by atoms with Crippen LogP contribution in [0.3, 0.4) is 0 Å². The predicted octanol–water partition coefficient (Wildman–Crippen LogP) is 0.328. The third kappa shape index (κ3) is 3.68. The highest BCUT2D eigenvalue weighted by atomic mass is 19.1. The van der Waals surface area contributed by atoms with Crippen molar-refractivity contribution in [3.05, 3.63) is 29.6 Å². The van der Waals surface area contributed by atoms with E-state index in [9.17, 15) is 19.4 Å². The summed E-state index contributed by atoms with van der Waals surface area (Å²) in [4.78, 5) is 10.6. The normalized spacial score (nSPS) is 14.0. The molecule has 0 heterocycles. The molecule has 0 aliphatic heterocycles. The molecule has 6 heteroatoms. The van der Waals surface area contributed by atoms with Crippen LogP contribution in [0.25, 0.3) is 0 Å². The highest BCUT2D eigenvalue weighted by molar-refractivity contribution is 5.72. The van der Waals surface area contributed by atoms with E-state index in [4.69, 9.17) is 5.73 Å². The van der Waals surface area contributed by atoms with Crippen LogP contribution < -0.4 is 11.1 Å². The first-order valence-electron chi connectivity index (χ1n) is 5.58. The van der Waals surface area contributed by atoms with Crippen LogP contribution in [0.15, 0.2) is 18.2 Å². The highest BCUT2D eigenvalue weighted by Crippen LogP contribution is 2.26. The molecule has 100 valence electrons. The third-order valence-corrected chi connectivity index (χ3v) is 2.58. The van der Waals surface area contributed by atoms with Gasteiger partial charge in [0, 0.05) is 19.0 Å². The molecule has 0 fully saturated rings. The van der Waals surface area contributed by atoms with Crippen molar-refractivity contribution in [2.75, 3.05) is 12.3 Å². The fourth-order valence-corrected chi connectivity index (χ4v) is 1.57. The van der Waals surface area contributed by atoms with Crippen LogP contribution in [-0.2, 0) is 4.79 Å². The molecule has 1 aromatic rings. The van der Waals surface area contributed by atoms with Gasteiger partial charge in [-0.05, 0) is 12.5 Å². The van der Waals surface area contributed by atoms with Gasteiger partial charge in [0.25, 0.3) is 0 Å². The number of nitrogens with one attached hydrogen (secondary N) is 1. The van der Waals surface area contributed by atoms with E-state index in [0.29, 0.717) is 0 Å². The number of rotatable bonds is 5. The Balaban J connectivity index is 2.65. The first-order valence-corrected chi connectivity index (χ1v) is 5.58. The number of aliphatic hydroxyl groups is 2. The smallest absolute Gasteiger partial charge is 0.216 e. The number of carbonyl (C=O) groups excluding carboxylic acids is 1. The van der Waals surface area contributed by atoms with Crippen molar-refractivity contribution in [3.8, 4) is 0 Å². The Morgan fingerprint density at radius 3 is 2.78 bits per heavy atom. The van der Waals surface area contributed by atoms with E-state index in [2.05, 4.69) is 5.32 Å². The molecule has 0 aliphatic rings.